The number of rotatable bonds is 8. The molecule has 41 heavy (non-hydrogen) atoms. The van der Waals surface area contributed by atoms with Crippen LogP contribution in [0.5, 0.6) is 5.75 Å². The molecule has 0 saturated carbocycles. The fourth-order valence-corrected chi connectivity index (χ4v) is 5.19. The molecule has 0 unspecified atom stereocenters. The van der Waals surface area contributed by atoms with Gasteiger partial charge in [0.2, 0.25) is 17.8 Å². The van der Waals surface area contributed by atoms with E-state index in [-0.39, 0.29) is 36.0 Å². The van der Waals surface area contributed by atoms with E-state index in [2.05, 4.69) is 36.7 Å². The molecule has 2 aliphatic heterocycles. The lowest BCUT2D eigenvalue weighted by molar-refractivity contribution is -0.126. The monoisotopic (exact) mass is 562 g/mol. The number of ether oxygens (including phenoxy) is 2. The number of pyridine rings is 1. The third kappa shape index (κ3) is 5.52. The summed E-state index contributed by atoms with van der Waals surface area (Å²) in [7, 11) is 1.59. The first kappa shape index (κ1) is 27.9. The molecule has 13 nitrogen and oxygen atoms in total. The van der Waals surface area contributed by atoms with Crippen LogP contribution in [-0.2, 0) is 9.53 Å². The number of hydrogen-bond donors (Lipinski definition) is 2. The molecule has 2 fully saturated rings. The minimum absolute atomic E-state index is 0.0788. The van der Waals surface area contributed by atoms with Crippen molar-refractivity contribution in [1.29, 1.82) is 0 Å². The average molecular weight is 563 g/mol. The van der Waals surface area contributed by atoms with Gasteiger partial charge in [0.25, 0.3) is 5.56 Å². The maximum Gasteiger partial charge on any atom is 0.417 e. The number of aromatic nitrogens is 4. The van der Waals surface area contributed by atoms with Gasteiger partial charge in [0.1, 0.15) is 18.2 Å². The van der Waals surface area contributed by atoms with Crippen molar-refractivity contribution in [3.8, 4) is 5.75 Å². The van der Waals surface area contributed by atoms with Crippen LogP contribution in [0.15, 0.2) is 35.6 Å². The Kier molecular flexibility index (Phi) is 7.77. The standard InChI is InChI=1S/C28H34N8O5/c1-6-19-15-41-28(39)36(19)27-31-17(4)30-26(33-27)29-16(3)20-12-18-13-22(23(40-5)14-21(18)32-25(20)38)34-8-10-35(11-9-34)24(37)7-2/h7,12-14,16,19H,2,6,8-11,15H2,1,3-5H3,(H,32,38)(H,29,30,31,33)/t16-,19-/m0/s1. The second kappa shape index (κ2) is 11.4. The van der Waals surface area contributed by atoms with Crippen LogP contribution in [-0.4, -0.2) is 82.8 Å². The van der Waals surface area contributed by atoms with Crippen LogP contribution >= 0.6 is 0 Å². The summed E-state index contributed by atoms with van der Waals surface area (Å²) >= 11 is 0. The predicted molar refractivity (Wildman–Crippen MR) is 155 cm³/mol. The van der Waals surface area contributed by atoms with Crippen molar-refractivity contribution in [3.63, 3.8) is 0 Å². The Morgan fingerprint density at radius 2 is 1.98 bits per heavy atom. The van der Waals surface area contributed by atoms with Gasteiger partial charge in [-0.05, 0) is 38.5 Å². The van der Waals surface area contributed by atoms with E-state index in [4.69, 9.17) is 9.47 Å². The van der Waals surface area contributed by atoms with Crippen LogP contribution in [0.2, 0.25) is 0 Å². The minimum Gasteiger partial charge on any atom is -0.495 e. The highest BCUT2D eigenvalue weighted by Crippen LogP contribution is 2.34. The van der Waals surface area contributed by atoms with Gasteiger partial charge in [0, 0.05) is 43.2 Å². The number of aromatic amines is 1. The summed E-state index contributed by atoms with van der Waals surface area (Å²) in [5, 5.41) is 4.02. The Balaban J connectivity index is 1.42. The number of fused-ring (bicyclic) bond motifs is 1. The number of nitrogens with one attached hydrogen (secondary N) is 2. The summed E-state index contributed by atoms with van der Waals surface area (Å²) in [6, 6.07) is 5.02. The molecule has 2 amide bonds. The fourth-order valence-electron chi connectivity index (χ4n) is 5.19. The molecule has 0 bridgehead atoms. The lowest BCUT2D eigenvalue weighted by atomic mass is 10.1. The van der Waals surface area contributed by atoms with Gasteiger partial charge in [-0.1, -0.05) is 13.5 Å². The number of anilines is 3. The molecular weight excluding hydrogens is 528 g/mol. The molecule has 5 rings (SSSR count). The number of carbonyl (C=O) groups excluding carboxylic acids is 2. The highest BCUT2D eigenvalue weighted by Gasteiger charge is 2.35. The highest BCUT2D eigenvalue weighted by molar-refractivity contribution is 5.89. The predicted octanol–water partition coefficient (Wildman–Crippen LogP) is 2.77. The molecule has 2 aromatic heterocycles. The molecule has 0 spiro atoms. The van der Waals surface area contributed by atoms with Crippen LogP contribution in [0.25, 0.3) is 10.9 Å². The van der Waals surface area contributed by atoms with E-state index in [1.54, 1.807) is 18.9 Å². The number of benzene rings is 1. The maximum atomic E-state index is 13.1. The van der Waals surface area contributed by atoms with Crippen molar-refractivity contribution in [3.05, 3.63) is 52.6 Å². The van der Waals surface area contributed by atoms with E-state index >= 15 is 0 Å². The van der Waals surface area contributed by atoms with Gasteiger partial charge in [-0.15, -0.1) is 0 Å². The molecule has 2 saturated heterocycles. The van der Waals surface area contributed by atoms with Crippen LogP contribution in [0.3, 0.4) is 0 Å². The first-order valence-electron chi connectivity index (χ1n) is 13.6. The number of nitrogens with zero attached hydrogens (tertiary/aromatic N) is 6. The third-order valence-corrected chi connectivity index (χ3v) is 7.47. The Morgan fingerprint density at radius 1 is 1.22 bits per heavy atom. The van der Waals surface area contributed by atoms with E-state index in [1.165, 1.54) is 11.0 Å². The number of methoxy groups -OCH3 is 1. The van der Waals surface area contributed by atoms with Crippen molar-refractivity contribution in [2.75, 3.05) is 55.0 Å². The van der Waals surface area contributed by atoms with Crippen LogP contribution < -0.4 is 25.4 Å². The average Bonchev–Trinajstić information content (AvgIpc) is 3.35. The summed E-state index contributed by atoms with van der Waals surface area (Å²) in [5.41, 5.74) is 1.75. The minimum atomic E-state index is -0.493. The van der Waals surface area contributed by atoms with E-state index < -0.39 is 12.1 Å². The highest BCUT2D eigenvalue weighted by atomic mass is 16.6. The van der Waals surface area contributed by atoms with Crippen molar-refractivity contribution < 1.29 is 19.1 Å². The Bertz CT molecular complexity index is 1550. The van der Waals surface area contributed by atoms with Gasteiger partial charge in [0.05, 0.1) is 30.4 Å². The van der Waals surface area contributed by atoms with Gasteiger partial charge in [0.15, 0.2) is 0 Å². The van der Waals surface area contributed by atoms with Gasteiger partial charge in [-0.2, -0.15) is 15.0 Å². The van der Waals surface area contributed by atoms with Gasteiger partial charge >= 0.3 is 6.09 Å². The fraction of sp³-hybridized carbons (Fsp3) is 0.429. The summed E-state index contributed by atoms with van der Waals surface area (Å²) in [5.74, 6) is 1.44. The summed E-state index contributed by atoms with van der Waals surface area (Å²) in [4.78, 5) is 59.0. The van der Waals surface area contributed by atoms with E-state index in [1.807, 2.05) is 32.0 Å². The number of carbonyl (C=O) groups is 2. The normalized spacial score (nSPS) is 17.9. The van der Waals surface area contributed by atoms with E-state index in [0.717, 1.165) is 11.1 Å². The largest absolute Gasteiger partial charge is 0.495 e. The lowest BCUT2D eigenvalue weighted by Crippen LogP contribution is -2.48. The number of amides is 2. The molecule has 0 aliphatic carbocycles. The maximum absolute atomic E-state index is 13.1. The molecule has 0 radical (unpaired) electrons. The molecule has 13 heteroatoms. The zero-order valence-electron chi connectivity index (χ0n) is 23.6. The molecule has 3 aromatic rings. The second-order valence-electron chi connectivity index (χ2n) is 10.1. The number of aryl methyl sites for hydroxylation is 1. The van der Waals surface area contributed by atoms with Gasteiger partial charge < -0.3 is 29.6 Å². The van der Waals surface area contributed by atoms with E-state index in [9.17, 15) is 14.4 Å². The molecule has 2 aliphatic rings. The van der Waals surface area contributed by atoms with Gasteiger partial charge in [-0.25, -0.2) is 9.69 Å². The number of hydrogen-bond acceptors (Lipinski definition) is 10. The quantitative estimate of drug-likeness (QED) is 0.393. The smallest absolute Gasteiger partial charge is 0.417 e. The summed E-state index contributed by atoms with van der Waals surface area (Å²) < 4.78 is 10.8. The molecular formula is C28H34N8O5. The molecule has 2 atom stereocenters. The topological polar surface area (TPSA) is 146 Å². The summed E-state index contributed by atoms with van der Waals surface area (Å²) in [6.45, 7) is 11.8. The Hall–Kier alpha value is -4.68. The van der Waals surface area contributed by atoms with Crippen molar-refractivity contribution in [2.45, 2.75) is 39.3 Å². The zero-order chi connectivity index (χ0) is 29.3. The Morgan fingerprint density at radius 3 is 2.66 bits per heavy atom. The number of H-pyrrole nitrogens is 1. The SMILES string of the molecule is C=CC(=O)N1CCN(c2cc3cc([C@H](C)Nc4nc(C)nc(N5C(=O)OC[C@@H]5CC)n4)c(=O)[nH]c3cc2OC)CC1. The molecule has 216 valence electrons. The van der Waals surface area contributed by atoms with Crippen LogP contribution in [0, 0.1) is 6.92 Å². The van der Waals surface area contributed by atoms with Crippen LogP contribution in [0.1, 0.15) is 37.7 Å². The molecule has 1 aromatic carbocycles. The van der Waals surface area contributed by atoms with Crippen molar-refractivity contribution >= 4 is 40.5 Å². The third-order valence-electron chi connectivity index (χ3n) is 7.47. The Labute approximate surface area is 237 Å². The number of piperazine rings is 1. The first-order valence-corrected chi connectivity index (χ1v) is 13.6. The number of cyclic esters (lactones) is 1. The van der Waals surface area contributed by atoms with Crippen molar-refractivity contribution in [2.24, 2.45) is 0 Å². The first-order chi connectivity index (χ1) is 19.7. The molecule has 4 heterocycles. The molecule has 2 N–H and O–H groups in total. The summed E-state index contributed by atoms with van der Waals surface area (Å²) in [6.07, 6.45) is 1.53. The van der Waals surface area contributed by atoms with Crippen LogP contribution in [0.4, 0.5) is 22.4 Å². The lowest BCUT2D eigenvalue weighted by Gasteiger charge is -2.36. The van der Waals surface area contributed by atoms with Crippen molar-refractivity contribution in [1.82, 2.24) is 24.8 Å². The van der Waals surface area contributed by atoms with Gasteiger partial charge in [-0.3, -0.25) is 9.59 Å². The zero-order valence-corrected chi connectivity index (χ0v) is 23.6. The van der Waals surface area contributed by atoms with E-state index in [0.29, 0.717) is 55.3 Å². The second-order valence-corrected chi connectivity index (χ2v) is 10.1.